The summed E-state index contributed by atoms with van der Waals surface area (Å²) >= 11 is 0. The molecule has 3 aliphatic rings. The Balaban J connectivity index is 1.85. The quantitative estimate of drug-likeness (QED) is 0.509. The number of carbonyl (C=O) groups is 2. The van der Waals surface area contributed by atoms with Crippen LogP contribution in [0, 0.1) is 16.7 Å². The van der Waals surface area contributed by atoms with Crippen LogP contribution in [0.3, 0.4) is 0 Å². The molecule has 0 amide bonds. The van der Waals surface area contributed by atoms with Crippen LogP contribution >= 0.6 is 0 Å². The van der Waals surface area contributed by atoms with Gasteiger partial charge >= 0.3 is 11.9 Å². The van der Waals surface area contributed by atoms with Crippen LogP contribution in [0.4, 0.5) is 0 Å². The molecular formula is C12H11NO5. The standard InChI is InChI=1S/C12H11NO5/c1-5(2)10(14)17-7-6-3-12(4-13)9(16-6)8(7)18-11(12)15/h6-9H,1,3H2,2H3. The van der Waals surface area contributed by atoms with Gasteiger partial charge in [0.1, 0.15) is 12.2 Å². The van der Waals surface area contributed by atoms with Gasteiger partial charge in [0.2, 0.25) is 0 Å². The molecule has 3 saturated heterocycles. The van der Waals surface area contributed by atoms with Crippen LogP contribution in [0.15, 0.2) is 12.2 Å². The second kappa shape index (κ2) is 3.33. The lowest BCUT2D eigenvalue weighted by atomic mass is 9.75. The summed E-state index contributed by atoms with van der Waals surface area (Å²) in [7, 11) is 0. The van der Waals surface area contributed by atoms with E-state index in [4.69, 9.17) is 19.5 Å². The van der Waals surface area contributed by atoms with E-state index in [1.807, 2.05) is 6.07 Å². The predicted octanol–water partition coefficient (Wildman–Crippen LogP) is 0.0808. The van der Waals surface area contributed by atoms with Crippen molar-refractivity contribution in [2.45, 2.75) is 37.8 Å². The van der Waals surface area contributed by atoms with Gasteiger partial charge in [-0.3, -0.25) is 4.79 Å². The van der Waals surface area contributed by atoms with Crippen molar-refractivity contribution in [1.29, 1.82) is 5.26 Å². The highest BCUT2D eigenvalue weighted by atomic mass is 16.7. The van der Waals surface area contributed by atoms with Crippen molar-refractivity contribution < 1.29 is 23.8 Å². The average Bonchev–Trinajstić information content (AvgIpc) is 2.90. The highest BCUT2D eigenvalue weighted by Crippen LogP contribution is 2.54. The third-order valence-corrected chi connectivity index (χ3v) is 3.72. The maximum absolute atomic E-state index is 11.7. The third kappa shape index (κ3) is 1.14. The molecule has 0 radical (unpaired) electrons. The maximum atomic E-state index is 11.7. The fraction of sp³-hybridized carbons (Fsp3) is 0.583. The minimum Gasteiger partial charge on any atom is -0.454 e. The molecule has 0 spiro atoms. The fourth-order valence-corrected chi connectivity index (χ4v) is 2.80. The Kier molecular flexibility index (Phi) is 2.08. The Bertz CT molecular complexity index is 507. The molecular weight excluding hydrogens is 238 g/mol. The van der Waals surface area contributed by atoms with Crippen LogP contribution in [0.5, 0.6) is 0 Å². The van der Waals surface area contributed by atoms with Gasteiger partial charge in [-0.25, -0.2) is 4.79 Å². The minimum absolute atomic E-state index is 0.220. The van der Waals surface area contributed by atoms with E-state index in [1.165, 1.54) is 6.92 Å². The molecule has 0 N–H and O–H groups in total. The number of ether oxygens (including phenoxy) is 3. The summed E-state index contributed by atoms with van der Waals surface area (Å²) in [5.74, 6) is -1.11. The first-order valence-corrected chi connectivity index (χ1v) is 5.64. The summed E-state index contributed by atoms with van der Waals surface area (Å²) in [5.41, 5.74) is -0.935. The first kappa shape index (κ1) is 11.2. The van der Waals surface area contributed by atoms with E-state index in [1.54, 1.807) is 0 Å². The number of hydrogen-bond acceptors (Lipinski definition) is 6. The van der Waals surface area contributed by atoms with Crippen molar-refractivity contribution in [3.05, 3.63) is 12.2 Å². The summed E-state index contributed by atoms with van der Waals surface area (Å²) in [6, 6.07) is 1.99. The van der Waals surface area contributed by atoms with Crippen molar-refractivity contribution in [1.82, 2.24) is 0 Å². The van der Waals surface area contributed by atoms with E-state index in [-0.39, 0.29) is 12.0 Å². The van der Waals surface area contributed by atoms with E-state index in [2.05, 4.69) is 6.58 Å². The smallest absolute Gasteiger partial charge is 0.333 e. The second-order valence-corrected chi connectivity index (χ2v) is 4.90. The van der Waals surface area contributed by atoms with Crippen molar-refractivity contribution in [3.8, 4) is 6.07 Å². The van der Waals surface area contributed by atoms with Crippen molar-refractivity contribution in [2.24, 2.45) is 5.41 Å². The first-order valence-electron chi connectivity index (χ1n) is 5.64. The minimum atomic E-state index is -1.21. The third-order valence-electron chi connectivity index (χ3n) is 3.72. The van der Waals surface area contributed by atoms with Crippen molar-refractivity contribution in [2.75, 3.05) is 0 Å². The van der Waals surface area contributed by atoms with Gasteiger partial charge in [-0.05, 0) is 6.92 Å². The van der Waals surface area contributed by atoms with Gasteiger partial charge < -0.3 is 14.2 Å². The zero-order chi connectivity index (χ0) is 13.1. The summed E-state index contributed by atoms with van der Waals surface area (Å²) in [6.07, 6.45) is -2.15. The zero-order valence-corrected chi connectivity index (χ0v) is 9.71. The summed E-state index contributed by atoms with van der Waals surface area (Å²) < 4.78 is 15.9. The lowest BCUT2D eigenvalue weighted by Crippen LogP contribution is -2.44. The SMILES string of the molecule is C=C(C)C(=O)OC1C2CC3(C#N)C(=O)OC1C3O2. The van der Waals surface area contributed by atoms with Crippen LogP contribution in [0.25, 0.3) is 0 Å². The number of hydrogen-bond donors (Lipinski definition) is 0. The van der Waals surface area contributed by atoms with E-state index < -0.39 is 41.8 Å². The molecule has 0 aromatic rings. The molecule has 0 aromatic carbocycles. The van der Waals surface area contributed by atoms with Crippen LogP contribution in [0.2, 0.25) is 0 Å². The van der Waals surface area contributed by atoms with Gasteiger partial charge in [-0.15, -0.1) is 0 Å². The molecule has 5 atom stereocenters. The fourth-order valence-electron chi connectivity index (χ4n) is 2.80. The summed E-state index contributed by atoms with van der Waals surface area (Å²) in [6.45, 7) is 5.03. The van der Waals surface area contributed by atoms with Crippen molar-refractivity contribution in [3.63, 3.8) is 0 Å². The average molecular weight is 249 g/mol. The number of carbonyl (C=O) groups excluding carboxylic acids is 2. The normalized spacial score (nSPS) is 43.4. The lowest BCUT2D eigenvalue weighted by molar-refractivity contribution is -0.157. The molecule has 3 rings (SSSR count). The van der Waals surface area contributed by atoms with Crippen LogP contribution in [-0.2, 0) is 23.8 Å². The second-order valence-electron chi connectivity index (χ2n) is 4.90. The molecule has 18 heavy (non-hydrogen) atoms. The molecule has 5 unspecified atom stereocenters. The Hall–Kier alpha value is -1.87. The Morgan fingerprint density at radius 3 is 3.00 bits per heavy atom. The topological polar surface area (TPSA) is 85.6 Å². The molecule has 3 fully saturated rings. The highest BCUT2D eigenvalue weighted by Gasteiger charge is 2.74. The molecule has 2 bridgehead atoms. The molecule has 94 valence electrons. The number of nitrogens with zero attached hydrogens (tertiary/aromatic N) is 1. The van der Waals surface area contributed by atoms with Crippen LogP contribution < -0.4 is 0 Å². The summed E-state index contributed by atoms with van der Waals surface area (Å²) in [4.78, 5) is 23.2. The Morgan fingerprint density at radius 2 is 2.39 bits per heavy atom. The van der Waals surface area contributed by atoms with Crippen LogP contribution in [0.1, 0.15) is 13.3 Å². The molecule has 0 aromatic heterocycles. The monoisotopic (exact) mass is 249 g/mol. The van der Waals surface area contributed by atoms with Gasteiger partial charge in [0, 0.05) is 12.0 Å². The lowest BCUT2D eigenvalue weighted by Gasteiger charge is -2.24. The Morgan fingerprint density at radius 1 is 1.67 bits per heavy atom. The Labute approximate surface area is 103 Å². The zero-order valence-electron chi connectivity index (χ0n) is 9.71. The molecule has 3 aliphatic heterocycles. The van der Waals surface area contributed by atoms with Gasteiger partial charge in [-0.2, -0.15) is 5.26 Å². The first-order chi connectivity index (χ1) is 8.49. The highest BCUT2D eigenvalue weighted by molar-refractivity contribution is 5.88. The molecule has 6 heteroatoms. The molecule has 0 saturated carbocycles. The van der Waals surface area contributed by atoms with Gasteiger partial charge in [0.05, 0.1) is 6.07 Å². The number of esters is 2. The van der Waals surface area contributed by atoms with E-state index in [0.717, 1.165) is 0 Å². The number of rotatable bonds is 2. The van der Waals surface area contributed by atoms with Gasteiger partial charge in [0.25, 0.3) is 0 Å². The van der Waals surface area contributed by atoms with E-state index >= 15 is 0 Å². The molecule has 3 heterocycles. The van der Waals surface area contributed by atoms with Gasteiger partial charge in [-0.1, -0.05) is 6.58 Å². The molecule has 6 nitrogen and oxygen atoms in total. The number of nitriles is 1. The van der Waals surface area contributed by atoms with E-state index in [0.29, 0.717) is 0 Å². The number of fused-ring (bicyclic) bond motifs is 1. The van der Waals surface area contributed by atoms with Crippen LogP contribution in [-0.4, -0.2) is 36.4 Å². The predicted molar refractivity (Wildman–Crippen MR) is 55.9 cm³/mol. The van der Waals surface area contributed by atoms with Crippen molar-refractivity contribution >= 4 is 11.9 Å². The largest absolute Gasteiger partial charge is 0.454 e. The molecule has 0 aliphatic carbocycles. The van der Waals surface area contributed by atoms with Gasteiger partial charge in [0.15, 0.2) is 17.6 Å². The maximum Gasteiger partial charge on any atom is 0.333 e. The summed E-state index contributed by atoms with van der Waals surface area (Å²) in [5, 5.41) is 9.14. The van der Waals surface area contributed by atoms with E-state index in [9.17, 15) is 9.59 Å².